The molecule has 0 saturated carbocycles. The maximum absolute atomic E-state index is 2.33. The van der Waals surface area contributed by atoms with Crippen molar-refractivity contribution in [3.8, 4) is 0 Å². The van der Waals surface area contributed by atoms with Crippen molar-refractivity contribution < 1.29 is 0 Å². The molecule has 1 aromatic heterocycles. The van der Waals surface area contributed by atoms with E-state index in [9.17, 15) is 0 Å². The molecule has 0 nitrogen and oxygen atoms in total. The van der Waals surface area contributed by atoms with Gasteiger partial charge in [0, 0.05) is 0 Å². The van der Waals surface area contributed by atoms with E-state index >= 15 is 0 Å². The maximum atomic E-state index is 2.33. The van der Waals surface area contributed by atoms with Crippen LogP contribution in [0.2, 0.25) is 0 Å². The van der Waals surface area contributed by atoms with Gasteiger partial charge >= 0.3 is 39.3 Å². The number of hydrogen-bond acceptors (Lipinski definition) is 0. The van der Waals surface area contributed by atoms with Crippen molar-refractivity contribution in [2.75, 3.05) is 0 Å². The van der Waals surface area contributed by atoms with Crippen LogP contribution in [0.1, 0.15) is 0 Å². The summed E-state index contributed by atoms with van der Waals surface area (Å²) in [5, 5.41) is 0. The number of hydrogen-bond donors (Lipinski definition) is 0. The van der Waals surface area contributed by atoms with Crippen LogP contribution in [0.25, 0.3) is 0 Å². The minimum atomic E-state index is 0.849. The van der Waals surface area contributed by atoms with Crippen LogP contribution in [0.5, 0.6) is 0 Å². The molecule has 0 fully saturated rings. The van der Waals surface area contributed by atoms with Gasteiger partial charge in [-0.3, -0.25) is 0 Å². The van der Waals surface area contributed by atoms with E-state index in [1.807, 2.05) is 0 Å². The molecule has 0 amide bonds. The molecular weight excluding hydrogens is 165 g/mol. The van der Waals surface area contributed by atoms with Gasteiger partial charge in [0.05, 0.1) is 0 Å². The topological polar surface area (TPSA) is 0 Å². The van der Waals surface area contributed by atoms with E-state index in [1.54, 1.807) is 6.85 Å². The van der Waals surface area contributed by atoms with Gasteiger partial charge < -0.3 is 0 Å². The van der Waals surface area contributed by atoms with Crippen LogP contribution in [0.4, 0.5) is 0 Å². The normalized spacial score (nSPS) is 11.2. The van der Waals surface area contributed by atoms with E-state index in [1.165, 1.54) is 8.19 Å². The molecule has 0 saturated heterocycles. The van der Waals surface area contributed by atoms with Crippen LogP contribution in [0.3, 0.4) is 0 Å². The molecule has 26 valence electrons. The standard InChI is InChI=1S/C2H2P2Se/c1-3-2-5-4-1/h1-2H. The monoisotopic (exact) mass is 168 g/mol. The third-order valence-corrected chi connectivity index (χ3v) is 6.91. The molecular formula is C2H2P2Se. The summed E-state index contributed by atoms with van der Waals surface area (Å²) in [6.45, 7) is 1.56. The zero-order chi connectivity index (χ0) is 3.54. The molecule has 3 heteroatoms. The molecule has 0 aromatic carbocycles. The first-order valence-corrected chi connectivity index (χ1v) is 6.39. The Morgan fingerprint density at radius 2 is 2.60 bits per heavy atom. The van der Waals surface area contributed by atoms with Gasteiger partial charge in [-0.2, -0.15) is 0 Å². The summed E-state index contributed by atoms with van der Waals surface area (Å²) in [5.74, 6) is 0. The van der Waals surface area contributed by atoms with Gasteiger partial charge in [-0.25, -0.2) is 0 Å². The Morgan fingerprint density at radius 3 is 2.80 bits per heavy atom. The van der Waals surface area contributed by atoms with E-state index in [0.717, 1.165) is 14.0 Å². The van der Waals surface area contributed by atoms with Crippen LogP contribution in [0.15, 0.2) is 10.2 Å². The van der Waals surface area contributed by atoms with Gasteiger partial charge in [-0.1, -0.05) is 0 Å². The first-order chi connectivity index (χ1) is 2.50. The fraction of sp³-hybridized carbons (Fsp3) is 0. The minimum absolute atomic E-state index is 0.849. The summed E-state index contributed by atoms with van der Waals surface area (Å²) in [4.78, 5) is 0. The quantitative estimate of drug-likeness (QED) is 0.517. The van der Waals surface area contributed by atoms with Crippen molar-refractivity contribution in [2.24, 2.45) is 0 Å². The van der Waals surface area contributed by atoms with Gasteiger partial charge in [0.1, 0.15) is 0 Å². The third-order valence-electron chi connectivity index (χ3n) is 0.283. The molecule has 0 unspecified atom stereocenters. The summed E-state index contributed by atoms with van der Waals surface area (Å²) >= 11 is 0.849. The first-order valence-electron chi connectivity index (χ1n) is 1.19. The molecule has 5 heavy (non-hydrogen) atoms. The summed E-state index contributed by atoms with van der Waals surface area (Å²) < 4.78 is 2.33. The summed E-state index contributed by atoms with van der Waals surface area (Å²) in [7, 11) is 1.46. The fourth-order valence-corrected chi connectivity index (χ4v) is 6.36. The summed E-state index contributed by atoms with van der Waals surface area (Å²) in [5.41, 5.74) is 2.28. The fourth-order valence-electron chi connectivity index (χ4n) is 0.136. The van der Waals surface area contributed by atoms with Crippen molar-refractivity contribution in [1.82, 2.24) is 0 Å². The van der Waals surface area contributed by atoms with Crippen molar-refractivity contribution in [1.29, 1.82) is 0 Å². The summed E-state index contributed by atoms with van der Waals surface area (Å²) in [6.07, 6.45) is 0. The van der Waals surface area contributed by atoms with E-state index in [-0.39, 0.29) is 0 Å². The van der Waals surface area contributed by atoms with Gasteiger partial charge in [0.25, 0.3) is 0 Å². The second-order valence-corrected chi connectivity index (χ2v) is 6.42. The van der Waals surface area contributed by atoms with Gasteiger partial charge in [0.15, 0.2) is 0 Å². The third kappa shape index (κ3) is 1.16. The Labute approximate surface area is 39.8 Å². The molecule has 0 aliphatic rings. The molecule has 0 aliphatic carbocycles. The SMILES string of the molecule is c1pc[se]p1. The molecule has 0 bridgehead atoms. The van der Waals surface area contributed by atoms with Crippen LogP contribution in [0, 0.1) is 0 Å². The molecule has 0 aliphatic heterocycles. The molecule has 0 radical (unpaired) electrons. The summed E-state index contributed by atoms with van der Waals surface area (Å²) in [6, 6.07) is 0. The Hall–Kier alpha value is 0.859. The average molecular weight is 167 g/mol. The molecule has 0 N–H and O–H groups in total. The zero-order valence-corrected chi connectivity index (χ0v) is 5.96. The van der Waals surface area contributed by atoms with E-state index < -0.39 is 0 Å². The van der Waals surface area contributed by atoms with Crippen molar-refractivity contribution in [2.45, 2.75) is 0 Å². The molecule has 1 heterocycles. The average Bonchev–Trinajstić information content (AvgIpc) is 1.76. The second-order valence-electron chi connectivity index (χ2n) is 0.581. The first kappa shape index (κ1) is 4.03. The van der Waals surface area contributed by atoms with Gasteiger partial charge in [-0.05, 0) is 0 Å². The molecule has 0 atom stereocenters. The van der Waals surface area contributed by atoms with Gasteiger partial charge in [-0.15, -0.1) is 0 Å². The van der Waals surface area contributed by atoms with Crippen LogP contribution in [-0.2, 0) is 0 Å². The van der Waals surface area contributed by atoms with Crippen molar-refractivity contribution >= 4 is 29.1 Å². The molecule has 1 aromatic rings. The molecule has 0 spiro atoms. The van der Waals surface area contributed by atoms with Crippen molar-refractivity contribution in [3.63, 3.8) is 0 Å². The molecule has 1 rings (SSSR count). The second kappa shape index (κ2) is 2.11. The zero-order valence-electron chi connectivity index (χ0n) is 2.46. The predicted molar refractivity (Wildman–Crippen MR) is 28.4 cm³/mol. The van der Waals surface area contributed by atoms with Crippen LogP contribution in [-0.4, -0.2) is 14.0 Å². The number of rotatable bonds is 0. The van der Waals surface area contributed by atoms with E-state index in [2.05, 4.69) is 10.2 Å². The predicted octanol–water partition coefficient (Wildman–Crippen LogP) is 1.90. The Bertz CT molecular complexity index is 64.1. The Morgan fingerprint density at radius 1 is 1.60 bits per heavy atom. The van der Waals surface area contributed by atoms with Gasteiger partial charge in [0.2, 0.25) is 0 Å². The van der Waals surface area contributed by atoms with Crippen LogP contribution < -0.4 is 0 Å². The Kier molecular flexibility index (Phi) is 1.70. The van der Waals surface area contributed by atoms with E-state index in [4.69, 9.17) is 0 Å². The van der Waals surface area contributed by atoms with Crippen molar-refractivity contribution in [3.05, 3.63) is 10.2 Å². The van der Waals surface area contributed by atoms with E-state index in [0.29, 0.717) is 0 Å². The van der Waals surface area contributed by atoms with Crippen LogP contribution >= 0.6 is 15.0 Å². The Balaban J connectivity index is 3.13.